The fourth-order valence-electron chi connectivity index (χ4n) is 2.40. The minimum absolute atomic E-state index is 0.0388. The van der Waals surface area contributed by atoms with Gasteiger partial charge in [-0.1, -0.05) is 54.6 Å². The lowest BCUT2D eigenvalue weighted by atomic mass is 10.3. The first-order valence-electron chi connectivity index (χ1n) is 7.95. The molecule has 6 heteroatoms. The third-order valence-electron chi connectivity index (χ3n) is 3.60. The number of anilines is 1. The Balaban J connectivity index is 1.93. The van der Waals surface area contributed by atoms with Gasteiger partial charge in [0.15, 0.2) is 6.61 Å². The maximum atomic E-state index is 13.0. The van der Waals surface area contributed by atoms with Crippen molar-refractivity contribution >= 4 is 21.6 Å². The van der Waals surface area contributed by atoms with Crippen molar-refractivity contribution in [3.05, 3.63) is 91.0 Å². The summed E-state index contributed by atoms with van der Waals surface area (Å²) < 4.78 is 32.3. The van der Waals surface area contributed by atoms with Crippen LogP contribution in [0.15, 0.2) is 95.9 Å². The molecule has 0 atom stereocenters. The van der Waals surface area contributed by atoms with Crippen LogP contribution in [0.3, 0.4) is 0 Å². The van der Waals surface area contributed by atoms with Gasteiger partial charge in [-0.05, 0) is 36.4 Å². The van der Waals surface area contributed by atoms with Gasteiger partial charge < -0.3 is 4.74 Å². The number of ether oxygens (including phenoxy) is 1. The monoisotopic (exact) mass is 367 g/mol. The maximum absolute atomic E-state index is 13.0. The molecule has 0 aliphatic carbocycles. The van der Waals surface area contributed by atoms with E-state index >= 15 is 0 Å². The molecule has 3 aromatic carbocycles. The van der Waals surface area contributed by atoms with Gasteiger partial charge in [-0.3, -0.25) is 4.79 Å². The summed E-state index contributed by atoms with van der Waals surface area (Å²) >= 11 is 0. The van der Waals surface area contributed by atoms with Gasteiger partial charge in [0.2, 0.25) is 0 Å². The molecular formula is C20H17NO4S. The second-order valence-corrected chi connectivity index (χ2v) is 7.20. The average Bonchev–Trinajstić information content (AvgIpc) is 2.69. The van der Waals surface area contributed by atoms with Gasteiger partial charge in [-0.15, -0.1) is 0 Å². The summed E-state index contributed by atoms with van der Waals surface area (Å²) in [6.07, 6.45) is 0. The van der Waals surface area contributed by atoms with Gasteiger partial charge in [0, 0.05) is 0 Å². The van der Waals surface area contributed by atoms with E-state index in [4.69, 9.17) is 4.74 Å². The highest BCUT2D eigenvalue weighted by molar-refractivity contribution is 7.93. The van der Waals surface area contributed by atoms with Gasteiger partial charge in [0.25, 0.3) is 15.9 Å². The number of para-hydroxylation sites is 2. The molecule has 0 unspecified atom stereocenters. The van der Waals surface area contributed by atoms with Gasteiger partial charge in [0.05, 0.1) is 10.6 Å². The Labute approximate surface area is 152 Å². The zero-order valence-corrected chi connectivity index (χ0v) is 14.7. The number of nitrogens with zero attached hydrogens (tertiary/aromatic N) is 1. The number of amides is 1. The molecule has 0 saturated carbocycles. The molecule has 1 amide bonds. The normalized spacial score (nSPS) is 10.9. The first-order valence-corrected chi connectivity index (χ1v) is 9.39. The number of carbonyl (C=O) groups is 1. The van der Waals surface area contributed by atoms with Crippen molar-refractivity contribution in [1.29, 1.82) is 0 Å². The van der Waals surface area contributed by atoms with E-state index < -0.39 is 22.5 Å². The zero-order valence-electron chi connectivity index (χ0n) is 13.9. The SMILES string of the molecule is O=C(COc1ccccc1)N(c1ccccc1)S(=O)(=O)c1ccccc1. The molecule has 0 radical (unpaired) electrons. The van der Waals surface area contributed by atoms with E-state index in [2.05, 4.69) is 0 Å². The Bertz CT molecular complexity index is 958. The molecule has 3 aromatic rings. The Morgan fingerprint density at radius 2 is 1.27 bits per heavy atom. The van der Waals surface area contributed by atoms with Crippen LogP contribution in [-0.4, -0.2) is 20.9 Å². The predicted molar refractivity (Wildman–Crippen MR) is 99.5 cm³/mol. The lowest BCUT2D eigenvalue weighted by Gasteiger charge is -2.22. The molecule has 0 aliphatic rings. The first kappa shape index (κ1) is 17.7. The van der Waals surface area contributed by atoms with Gasteiger partial charge in [0.1, 0.15) is 5.75 Å². The van der Waals surface area contributed by atoms with E-state index in [-0.39, 0.29) is 10.6 Å². The largest absolute Gasteiger partial charge is 0.484 e. The van der Waals surface area contributed by atoms with E-state index in [1.807, 2.05) is 6.07 Å². The van der Waals surface area contributed by atoms with Gasteiger partial charge >= 0.3 is 0 Å². The fourth-order valence-corrected chi connectivity index (χ4v) is 3.83. The second-order valence-electron chi connectivity index (χ2n) is 5.41. The lowest BCUT2D eigenvalue weighted by molar-refractivity contribution is -0.119. The molecule has 0 heterocycles. The van der Waals surface area contributed by atoms with Crippen molar-refractivity contribution < 1.29 is 17.9 Å². The summed E-state index contributed by atoms with van der Waals surface area (Å²) in [6.45, 7) is -0.398. The van der Waals surface area contributed by atoms with Crippen LogP contribution < -0.4 is 9.04 Å². The highest BCUT2D eigenvalue weighted by atomic mass is 32.2. The summed E-state index contributed by atoms with van der Waals surface area (Å²) in [5.41, 5.74) is 0.262. The third-order valence-corrected chi connectivity index (χ3v) is 5.37. The molecular weight excluding hydrogens is 350 g/mol. The topological polar surface area (TPSA) is 63.7 Å². The quantitative estimate of drug-likeness (QED) is 0.669. The molecule has 0 saturated heterocycles. The molecule has 0 bridgehead atoms. The van der Waals surface area contributed by atoms with Crippen LogP contribution in [0, 0.1) is 0 Å². The number of benzene rings is 3. The van der Waals surface area contributed by atoms with E-state index in [9.17, 15) is 13.2 Å². The highest BCUT2D eigenvalue weighted by Crippen LogP contribution is 2.24. The van der Waals surface area contributed by atoms with Gasteiger partial charge in [-0.25, -0.2) is 8.42 Å². The maximum Gasteiger partial charge on any atom is 0.278 e. The van der Waals surface area contributed by atoms with Crippen LogP contribution in [0.4, 0.5) is 5.69 Å². The van der Waals surface area contributed by atoms with Crippen LogP contribution in [0.2, 0.25) is 0 Å². The number of rotatable bonds is 6. The van der Waals surface area contributed by atoms with E-state index in [1.165, 1.54) is 12.1 Å². The van der Waals surface area contributed by atoms with Crippen molar-refractivity contribution in [3.8, 4) is 5.75 Å². The Hall–Kier alpha value is -3.12. The second kappa shape index (κ2) is 7.84. The molecule has 0 aliphatic heterocycles. The smallest absolute Gasteiger partial charge is 0.278 e. The summed E-state index contributed by atoms with van der Waals surface area (Å²) in [5.74, 6) is -0.185. The van der Waals surface area contributed by atoms with Crippen molar-refractivity contribution in [3.63, 3.8) is 0 Å². The average molecular weight is 367 g/mol. The van der Waals surface area contributed by atoms with Crippen LogP contribution in [0.25, 0.3) is 0 Å². The molecule has 5 nitrogen and oxygen atoms in total. The summed E-state index contributed by atoms with van der Waals surface area (Å²) in [7, 11) is -4.05. The van der Waals surface area contributed by atoms with E-state index in [0.29, 0.717) is 5.75 Å². The van der Waals surface area contributed by atoms with Crippen molar-refractivity contribution in [2.45, 2.75) is 4.90 Å². The van der Waals surface area contributed by atoms with Gasteiger partial charge in [-0.2, -0.15) is 4.31 Å². The van der Waals surface area contributed by atoms with Crippen molar-refractivity contribution in [2.75, 3.05) is 10.9 Å². The fraction of sp³-hybridized carbons (Fsp3) is 0.0500. The third kappa shape index (κ3) is 3.92. The molecule has 0 spiro atoms. The van der Waals surface area contributed by atoms with E-state index in [0.717, 1.165) is 4.31 Å². The molecule has 0 aromatic heterocycles. The minimum atomic E-state index is -4.05. The van der Waals surface area contributed by atoms with E-state index in [1.54, 1.807) is 72.8 Å². The van der Waals surface area contributed by atoms with Crippen molar-refractivity contribution in [1.82, 2.24) is 0 Å². The summed E-state index contributed by atoms with van der Waals surface area (Å²) in [4.78, 5) is 12.8. The number of carbonyl (C=O) groups excluding carboxylic acids is 1. The van der Waals surface area contributed by atoms with Crippen LogP contribution in [-0.2, 0) is 14.8 Å². The number of sulfonamides is 1. The zero-order chi connectivity index (χ0) is 18.4. The number of hydrogen-bond donors (Lipinski definition) is 0. The Morgan fingerprint density at radius 1 is 0.769 bits per heavy atom. The Morgan fingerprint density at radius 3 is 1.85 bits per heavy atom. The molecule has 0 N–H and O–H groups in total. The predicted octanol–water partition coefficient (Wildman–Crippen LogP) is 3.49. The summed E-state index contributed by atoms with van der Waals surface area (Å²) in [5, 5.41) is 0. The molecule has 26 heavy (non-hydrogen) atoms. The summed E-state index contributed by atoms with van der Waals surface area (Å²) in [6, 6.07) is 24.9. The molecule has 0 fully saturated rings. The Kier molecular flexibility index (Phi) is 5.34. The highest BCUT2D eigenvalue weighted by Gasteiger charge is 2.31. The molecule has 132 valence electrons. The van der Waals surface area contributed by atoms with Crippen LogP contribution >= 0.6 is 0 Å². The molecule has 3 rings (SSSR count). The minimum Gasteiger partial charge on any atom is -0.484 e. The van der Waals surface area contributed by atoms with Crippen LogP contribution in [0.5, 0.6) is 5.75 Å². The standard InChI is InChI=1S/C20H17NO4S/c22-20(16-25-18-12-6-2-7-13-18)21(17-10-4-1-5-11-17)26(23,24)19-14-8-3-9-15-19/h1-15H,16H2. The van der Waals surface area contributed by atoms with Crippen molar-refractivity contribution in [2.24, 2.45) is 0 Å². The first-order chi connectivity index (χ1) is 12.6. The lowest BCUT2D eigenvalue weighted by Crippen LogP contribution is -2.40. The number of hydrogen-bond acceptors (Lipinski definition) is 4. The van der Waals surface area contributed by atoms with Crippen LogP contribution in [0.1, 0.15) is 0 Å².